The summed E-state index contributed by atoms with van der Waals surface area (Å²) in [4.78, 5) is 0. The maximum Gasteiger partial charge on any atom is 0.0715 e. The summed E-state index contributed by atoms with van der Waals surface area (Å²) in [6.07, 6.45) is 11.7. The van der Waals surface area contributed by atoms with Gasteiger partial charge in [0.05, 0.1) is 5.60 Å². The number of hydrogen-bond donors (Lipinski definition) is 3. The lowest BCUT2D eigenvalue weighted by Crippen LogP contribution is -2.34. The fourth-order valence-corrected chi connectivity index (χ4v) is 3.11. The third-order valence-electron chi connectivity index (χ3n) is 4.41. The molecule has 0 aliphatic heterocycles. The third kappa shape index (κ3) is 5.77. The first kappa shape index (κ1) is 17.6. The van der Waals surface area contributed by atoms with Crippen LogP contribution in [0.4, 0.5) is 0 Å². The van der Waals surface area contributed by atoms with Gasteiger partial charge < -0.3 is 16.2 Å². The van der Waals surface area contributed by atoms with Crippen LogP contribution in [0.25, 0.3) is 0 Å². The molecule has 0 radical (unpaired) electrons. The van der Waals surface area contributed by atoms with Crippen molar-refractivity contribution in [3.8, 4) is 0 Å². The van der Waals surface area contributed by atoms with E-state index in [9.17, 15) is 5.11 Å². The molecule has 0 saturated heterocycles. The number of aliphatic hydroxyl groups is 1. The molecule has 1 unspecified atom stereocenters. The van der Waals surface area contributed by atoms with Gasteiger partial charge >= 0.3 is 0 Å². The molecule has 3 nitrogen and oxygen atoms in total. The number of benzene rings is 1. The highest BCUT2D eigenvalue weighted by molar-refractivity contribution is 6.00. The van der Waals surface area contributed by atoms with E-state index >= 15 is 0 Å². The molecule has 1 atom stereocenters. The summed E-state index contributed by atoms with van der Waals surface area (Å²) in [5.41, 5.74) is 7.59. The van der Waals surface area contributed by atoms with E-state index in [2.05, 4.69) is 24.3 Å². The van der Waals surface area contributed by atoms with Crippen molar-refractivity contribution >= 4 is 5.71 Å². The van der Waals surface area contributed by atoms with Crippen molar-refractivity contribution in [2.75, 3.05) is 6.54 Å². The molecular weight excluding hydrogens is 284 g/mol. The second-order valence-electron chi connectivity index (χ2n) is 6.40. The fraction of sp³-hybridized carbons (Fsp3) is 0.450. The van der Waals surface area contributed by atoms with Crippen molar-refractivity contribution in [1.82, 2.24) is 0 Å². The van der Waals surface area contributed by atoms with Crippen LogP contribution in [0.2, 0.25) is 0 Å². The van der Waals surface area contributed by atoms with Gasteiger partial charge in [-0.05, 0) is 56.2 Å². The first-order chi connectivity index (χ1) is 11.1. The molecule has 23 heavy (non-hydrogen) atoms. The zero-order valence-corrected chi connectivity index (χ0v) is 13.8. The Morgan fingerprint density at radius 1 is 1.17 bits per heavy atom. The molecule has 2 rings (SSSR count). The minimum absolute atomic E-state index is 0.384. The largest absolute Gasteiger partial charge is 0.389 e. The van der Waals surface area contributed by atoms with Crippen molar-refractivity contribution < 1.29 is 5.11 Å². The first-order valence-corrected chi connectivity index (χ1v) is 8.54. The predicted molar refractivity (Wildman–Crippen MR) is 96.8 cm³/mol. The highest BCUT2D eigenvalue weighted by Gasteiger charge is 2.28. The van der Waals surface area contributed by atoms with E-state index in [1.807, 2.05) is 24.3 Å². The lowest BCUT2D eigenvalue weighted by molar-refractivity contribution is 0.0305. The van der Waals surface area contributed by atoms with E-state index in [0.29, 0.717) is 31.5 Å². The second-order valence-corrected chi connectivity index (χ2v) is 6.40. The monoisotopic (exact) mass is 312 g/mol. The lowest BCUT2D eigenvalue weighted by atomic mass is 9.84. The summed E-state index contributed by atoms with van der Waals surface area (Å²) in [5.74, 6) is 0. The maximum atomic E-state index is 10.9. The summed E-state index contributed by atoms with van der Waals surface area (Å²) in [6, 6.07) is 10.3. The van der Waals surface area contributed by atoms with Crippen LogP contribution in [0.1, 0.15) is 44.1 Å². The van der Waals surface area contributed by atoms with Crippen LogP contribution < -0.4 is 5.73 Å². The molecule has 1 aliphatic rings. The average molecular weight is 312 g/mol. The number of hydrogen-bond acceptors (Lipinski definition) is 3. The Balaban J connectivity index is 1.90. The Bertz CT molecular complexity index is 562. The Kier molecular flexibility index (Phi) is 6.75. The van der Waals surface area contributed by atoms with Gasteiger partial charge in [0.2, 0.25) is 0 Å². The minimum atomic E-state index is -0.868. The van der Waals surface area contributed by atoms with Crippen LogP contribution in [0.3, 0.4) is 0 Å². The third-order valence-corrected chi connectivity index (χ3v) is 4.41. The fourth-order valence-electron chi connectivity index (χ4n) is 3.11. The molecule has 124 valence electrons. The van der Waals surface area contributed by atoms with Gasteiger partial charge in [-0.25, -0.2) is 0 Å². The van der Waals surface area contributed by atoms with Crippen molar-refractivity contribution in [1.29, 1.82) is 5.41 Å². The number of allylic oxidation sites excluding steroid dienone is 4. The highest BCUT2D eigenvalue weighted by Crippen LogP contribution is 2.26. The van der Waals surface area contributed by atoms with Gasteiger partial charge in [-0.3, -0.25) is 0 Å². The Hall–Kier alpha value is -1.71. The topological polar surface area (TPSA) is 70.1 Å². The Morgan fingerprint density at radius 3 is 2.61 bits per heavy atom. The van der Waals surface area contributed by atoms with Crippen molar-refractivity contribution in [3.05, 3.63) is 59.7 Å². The van der Waals surface area contributed by atoms with Gasteiger partial charge in [-0.15, -0.1) is 0 Å². The van der Waals surface area contributed by atoms with Crippen LogP contribution in [-0.2, 0) is 6.42 Å². The average Bonchev–Trinajstić information content (AvgIpc) is 2.57. The van der Waals surface area contributed by atoms with Gasteiger partial charge in [0.1, 0.15) is 0 Å². The quantitative estimate of drug-likeness (QED) is 0.607. The van der Waals surface area contributed by atoms with E-state index in [1.54, 1.807) is 0 Å². The molecule has 1 aliphatic carbocycles. The molecule has 1 aromatic rings. The van der Waals surface area contributed by atoms with Gasteiger partial charge in [0.15, 0.2) is 0 Å². The number of rotatable bonds is 9. The van der Waals surface area contributed by atoms with Crippen molar-refractivity contribution in [2.45, 2.75) is 50.5 Å². The summed E-state index contributed by atoms with van der Waals surface area (Å²) in [6.45, 7) is 0.448. The van der Waals surface area contributed by atoms with Gasteiger partial charge in [-0.2, -0.15) is 0 Å². The molecule has 0 amide bonds. The molecule has 1 aromatic carbocycles. The molecule has 0 fully saturated rings. The van der Waals surface area contributed by atoms with Crippen LogP contribution >= 0.6 is 0 Å². The Labute approximate surface area is 139 Å². The second kappa shape index (κ2) is 8.80. The number of aryl methyl sites for hydroxylation is 1. The minimum Gasteiger partial charge on any atom is -0.389 e. The van der Waals surface area contributed by atoms with Gasteiger partial charge in [0.25, 0.3) is 0 Å². The van der Waals surface area contributed by atoms with Crippen LogP contribution in [0.15, 0.2) is 54.1 Å². The molecule has 0 saturated carbocycles. The SMILES string of the molecule is N=C(CC(O)(CCN)CCCc1ccccc1)C1=CCCC=C1. The summed E-state index contributed by atoms with van der Waals surface area (Å²) >= 11 is 0. The maximum absolute atomic E-state index is 10.9. The normalized spacial score (nSPS) is 16.7. The number of nitrogens with one attached hydrogen (secondary N) is 1. The molecule has 0 spiro atoms. The zero-order valence-electron chi connectivity index (χ0n) is 13.8. The Morgan fingerprint density at radius 2 is 1.96 bits per heavy atom. The predicted octanol–water partition coefficient (Wildman–Crippen LogP) is 3.78. The molecule has 4 N–H and O–H groups in total. The van der Waals surface area contributed by atoms with Crippen LogP contribution in [0, 0.1) is 5.41 Å². The van der Waals surface area contributed by atoms with Crippen LogP contribution in [0.5, 0.6) is 0 Å². The molecular formula is C20H28N2O. The summed E-state index contributed by atoms with van der Waals surface area (Å²) in [5, 5.41) is 19.2. The lowest BCUT2D eigenvalue weighted by Gasteiger charge is -2.28. The molecule has 3 heteroatoms. The van der Waals surface area contributed by atoms with Gasteiger partial charge in [0, 0.05) is 12.1 Å². The van der Waals surface area contributed by atoms with E-state index in [4.69, 9.17) is 11.1 Å². The summed E-state index contributed by atoms with van der Waals surface area (Å²) < 4.78 is 0. The van der Waals surface area contributed by atoms with E-state index in [1.165, 1.54) is 5.56 Å². The van der Waals surface area contributed by atoms with E-state index < -0.39 is 5.60 Å². The summed E-state index contributed by atoms with van der Waals surface area (Å²) in [7, 11) is 0. The standard InChI is InChI=1S/C20H28N2O/c21-15-14-20(23,13-7-10-17-8-3-1-4-9-17)16-19(22)18-11-5-2-6-12-18/h1,3-5,8-9,11-12,22-23H,2,6-7,10,13-16,21H2. The highest BCUT2D eigenvalue weighted by atomic mass is 16.3. The first-order valence-electron chi connectivity index (χ1n) is 8.54. The molecule has 0 bridgehead atoms. The van der Waals surface area contributed by atoms with Gasteiger partial charge in [-0.1, -0.05) is 48.6 Å². The van der Waals surface area contributed by atoms with Crippen molar-refractivity contribution in [3.63, 3.8) is 0 Å². The zero-order chi connectivity index (χ0) is 16.5. The molecule has 0 aromatic heterocycles. The van der Waals surface area contributed by atoms with E-state index in [-0.39, 0.29) is 0 Å². The van der Waals surface area contributed by atoms with Crippen molar-refractivity contribution in [2.24, 2.45) is 5.73 Å². The molecule has 0 heterocycles. The smallest absolute Gasteiger partial charge is 0.0715 e. The van der Waals surface area contributed by atoms with E-state index in [0.717, 1.165) is 31.3 Å². The number of nitrogens with two attached hydrogens (primary N) is 1. The van der Waals surface area contributed by atoms with Crippen LogP contribution in [-0.4, -0.2) is 23.0 Å².